The van der Waals surface area contributed by atoms with E-state index >= 15 is 0 Å². The highest BCUT2D eigenvalue weighted by Gasteiger charge is 2.51. The molecule has 5 aliphatic rings. The van der Waals surface area contributed by atoms with Crippen LogP contribution in [0.4, 0.5) is 5.82 Å². The molecule has 2 heterocycles. The first-order valence-corrected chi connectivity index (χ1v) is 18.0. The Bertz CT molecular complexity index is 1620. The van der Waals surface area contributed by atoms with Crippen LogP contribution in [0.5, 0.6) is 5.75 Å². The number of aromatic nitrogens is 2. The van der Waals surface area contributed by atoms with Gasteiger partial charge in [-0.3, -0.25) is 9.59 Å². The summed E-state index contributed by atoms with van der Waals surface area (Å²) in [6.07, 6.45) is 8.05. The molecule has 1 saturated heterocycles. The molecule has 1 aromatic heterocycles. The Morgan fingerprint density at radius 2 is 1.56 bits per heavy atom. The van der Waals surface area contributed by atoms with Crippen molar-refractivity contribution in [2.45, 2.75) is 71.6 Å². The van der Waals surface area contributed by atoms with Gasteiger partial charge in [0.05, 0.1) is 6.61 Å². The van der Waals surface area contributed by atoms with Crippen LogP contribution in [-0.2, 0) is 5.41 Å². The van der Waals surface area contributed by atoms with E-state index < -0.39 is 0 Å². The number of piperazine rings is 1. The molecular weight excluding hydrogens is 598 g/mol. The first-order chi connectivity index (χ1) is 23.0. The van der Waals surface area contributed by atoms with Gasteiger partial charge in [0, 0.05) is 45.3 Å². The zero-order chi connectivity index (χ0) is 33.6. The van der Waals surface area contributed by atoms with Crippen molar-refractivity contribution in [1.29, 1.82) is 0 Å². The number of carbonyl (C=O) groups is 2. The quantitative estimate of drug-likeness (QED) is 0.259. The molecule has 2 aromatic carbocycles. The van der Waals surface area contributed by atoms with Crippen LogP contribution in [0, 0.1) is 23.2 Å². The van der Waals surface area contributed by atoms with E-state index in [1.165, 1.54) is 38.5 Å². The maximum absolute atomic E-state index is 13.9. The second kappa shape index (κ2) is 12.8. The molecule has 1 aliphatic heterocycles. The van der Waals surface area contributed by atoms with E-state index in [9.17, 15) is 9.59 Å². The van der Waals surface area contributed by atoms with Crippen molar-refractivity contribution in [2.24, 2.45) is 23.2 Å². The molecule has 0 unspecified atom stereocenters. The topological polar surface area (TPSA) is 78.9 Å². The normalized spacial score (nSPS) is 24.9. The van der Waals surface area contributed by atoms with Gasteiger partial charge in [0.25, 0.3) is 11.8 Å². The smallest absolute Gasteiger partial charge is 0.274 e. The Labute approximate surface area is 285 Å². The van der Waals surface area contributed by atoms with Crippen LogP contribution >= 0.6 is 0 Å². The predicted molar refractivity (Wildman–Crippen MR) is 189 cm³/mol. The van der Waals surface area contributed by atoms with Crippen LogP contribution in [0.25, 0.3) is 11.1 Å². The van der Waals surface area contributed by atoms with Crippen molar-refractivity contribution in [3.05, 3.63) is 71.4 Å². The lowest BCUT2D eigenvalue weighted by Crippen LogP contribution is -2.51. The molecule has 0 radical (unpaired) electrons. The van der Waals surface area contributed by atoms with Gasteiger partial charge in [0.15, 0.2) is 11.5 Å². The van der Waals surface area contributed by atoms with Crippen LogP contribution in [0.2, 0.25) is 0 Å². The lowest BCUT2D eigenvalue weighted by atomic mass is 9.49. The van der Waals surface area contributed by atoms with Gasteiger partial charge in [0.2, 0.25) is 0 Å². The number of carbonyl (C=O) groups excluding carboxylic acids is 2. The Balaban J connectivity index is 0.989. The van der Waals surface area contributed by atoms with Gasteiger partial charge >= 0.3 is 0 Å². The molecular formula is C40H51N5O3. The average molecular weight is 650 g/mol. The molecule has 0 N–H and O–H groups in total. The molecule has 8 heteroatoms. The number of benzene rings is 2. The number of rotatable bonds is 8. The molecule has 254 valence electrons. The highest BCUT2D eigenvalue weighted by molar-refractivity contribution is 5.96. The van der Waals surface area contributed by atoms with Gasteiger partial charge in [-0.25, -0.2) is 0 Å². The summed E-state index contributed by atoms with van der Waals surface area (Å²) in [4.78, 5) is 33.3. The van der Waals surface area contributed by atoms with Crippen LogP contribution in [-0.4, -0.2) is 78.2 Å². The average Bonchev–Trinajstić information content (AvgIpc) is 3.06. The molecule has 0 atom stereocenters. The highest BCUT2D eigenvalue weighted by atomic mass is 16.5. The van der Waals surface area contributed by atoms with E-state index in [1.54, 1.807) is 0 Å². The first kappa shape index (κ1) is 32.6. The third kappa shape index (κ3) is 6.68. The maximum atomic E-state index is 13.9. The van der Waals surface area contributed by atoms with Crippen molar-refractivity contribution in [1.82, 2.24) is 20.0 Å². The first-order valence-electron chi connectivity index (χ1n) is 18.0. The Hall–Kier alpha value is -3.94. The van der Waals surface area contributed by atoms with Crippen molar-refractivity contribution >= 4 is 17.6 Å². The van der Waals surface area contributed by atoms with Crippen molar-refractivity contribution in [3.8, 4) is 16.9 Å². The lowest BCUT2D eigenvalue weighted by molar-refractivity contribution is -0.0629. The van der Waals surface area contributed by atoms with Crippen LogP contribution in [0.15, 0.2) is 54.6 Å². The fourth-order valence-electron chi connectivity index (χ4n) is 9.47. The molecule has 3 aromatic rings. The van der Waals surface area contributed by atoms with Crippen LogP contribution in [0.3, 0.4) is 0 Å². The number of amides is 2. The number of ether oxygens (including phenoxy) is 1. The van der Waals surface area contributed by atoms with Crippen LogP contribution in [0.1, 0.15) is 92.6 Å². The monoisotopic (exact) mass is 649 g/mol. The molecule has 4 saturated carbocycles. The lowest BCUT2D eigenvalue weighted by Gasteiger charge is -2.57. The molecule has 2 amide bonds. The zero-order valence-corrected chi connectivity index (χ0v) is 29.4. The summed E-state index contributed by atoms with van der Waals surface area (Å²) < 4.78 is 5.75. The van der Waals surface area contributed by atoms with Crippen molar-refractivity contribution < 1.29 is 14.3 Å². The van der Waals surface area contributed by atoms with E-state index in [0.29, 0.717) is 49.5 Å². The summed E-state index contributed by atoms with van der Waals surface area (Å²) in [7, 11) is 1.94. The predicted octanol–water partition coefficient (Wildman–Crippen LogP) is 7.09. The largest absolute Gasteiger partial charge is 0.494 e. The van der Waals surface area contributed by atoms with Gasteiger partial charge in [-0.1, -0.05) is 39.0 Å². The highest BCUT2D eigenvalue weighted by Crippen LogP contribution is 2.60. The Morgan fingerprint density at radius 3 is 2.17 bits per heavy atom. The van der Waals surface area contributed by atoms with E-state index in [-0.39, 0.29) is 17.2 Å². The maximum Gasteiger partial charge on any atom is 0.274 e. The molecule has 8 rings (SSSR count). The number of hydrogen-bond donors (Lipinski definition) is 0. The van der Waals surface area contributed by atoms with Gasteiger partial charge in [-0.2, -0.15) is 0 Å². The third-order valence-corrected chi connectivity index (χ3v) is 11.4. The Kier molecular flexibility index (Phi) is 8.71. The molecule has 5 fully saturated rings. The fraction of sp³-hybridized carbons (Fsp3) is 0.550. The molecule has 0 spiro atoms. The summed E-state index contributed by atoms with van der Waals surface area (Å²) in [6.45, 7) is 12.4. The summed E-state index contributed by atoms with van der Waals surface area (Å²) >= 11 is 0. The second-order valence-corrected chi connectivity index (χ2v) is 16.1. The van der Waals surface area contributed by atoms with E-state index in [0.717, 1.165) is 52.6 Å². The minimum atomic E-state index is -0.114. The molecule has 4 aliphatic carbocycles. The third-order valence-electron chi connectivity index (χ3n) is 11.4. The van der Waals surface area contributed by atoms with Gasteiger partial charge in [0.1, 0.15) is 5.75 Å². The fourth-order valence-corrected chi connectivity index (χ4v) is 9.47. The Morgan fingerprint density at radius 1 is 0.875 bits per heavy atom. The minimum absolute atomic E-state index is 0.0389. The van der Waals surface area contributed by atoms with Crippen molar-refractivity contribution in [3.63, 3.8) is 0 Å². The molecule has 48 heavy (non-hydrogen) atoms. The summed E-state index contributed by atoms with van der Waals surface area (Å²) in [5, 5.41) is 8.87. The zero-order valence-electron chi connectivity index (χ0n) is 29.4. The van der Waals surface area contributed by atoms with E-state index in [4.69, 9.17) is 4.74 Å². The minimum Gasteiger partial charge on any atom is -0.494 e. The standard InChI is InChI=1S/C40H51N5O3/c1-6-48-34-9-7-8-30(22-34)31-19-32(21-33(20-31)39(2,3)4)37(46)45-14-12-44(13-15-45)36-11-10-35(41-42-36)38(47)43(5)26-40-23-27-16-28(24-40)18-29(17-27)25-40/h7-11,19-22,27-29H,6,12-18,23-26H2,1-5H3. The van der Waals surface area contributed by atoms with E-state index in [2.05, 4.69) is 48.0 Å². The summed E-state index contributed by atoms with van der Waals surface area (Å²) in [5.74, 6) is 4.16. The molecule has 8 nitrogen and oxygen atoms in total. The summed E-state index contributed by atoms with van der Waals surface area (Å²) in [5.41, 5.74) is 4.46. The molecule has 4 bridgehead atoms. The van der Waals surface area contributed by atoms with Gasteiger partial charge < -0.3 is 19.4 Å². The van der Waals surface area contributed by atoms with E-state index in [1.807, 2.05) is 66.2 Å². The van der Waals surface area contributed by atoms with Crippen LogP contribution < -0.4 is 9.64 Å². The van der Waals surface area contributed by atoms with Gasteiger partial charge in [-0.05, 0) is 127 Å². The van der Waals surface area contributed by atoms with Crippen molar-refractivity contribution in [2.75, 3.05) is 51.3 Å². The number of anilines is 1. The number of hydrogen-bond acceptors (Lipinski definition) is 6. The summed E-state index contributed by atoms with van der Waals surface area (Å²) in [6, 6.07) is 18.0. The SMILES string of the molecule is CCOc1cccc(-c2cc(C(=O)N3CCN(c4ccc(C(=O)N(C)CC56CC7CC(CC(C7)C5)C6)nn4)CC3)cc(C(C)(C)C)c2)c1. The number of nitrogens with zero attached hydrogens (tertiary/aromatic N) is 5. The second-order valence-electron chi connectivity index (χ2n) is 16.1. The van der Waals surface area contributed by atoms with Gasteiger partial charge in [-0.15, -0.1) is 10.2 Å².